The summed E-state index contributed by atoms with van der Waals surface area (Å²) in [4.78, 5) is 8.43. The fourth-order valence-corrected chi connectivity index (χ4v) is 2.13. The Morgan fingerprint density at radius 3 is 2.40 bits per heavy atom. The number of anilines is 2. The summed E-state index contributed by atoms with van der Waals surface area (Å²) in [6.07, 6.45) is 1.56. The van der Waals surface area contributed by atoms with Crippen LogP contribution in [0.5, 0.6) is 23.1 Å². The molecule has 0 aliphatic rings. The van der Waals surface area contributed by atoms with E-state index in [-0.39, 0.29) is 5.82 Å². The van der Waals surface area contributed by atoms with Gasteiger partial charge in [0.2, 0.25) is 11.8 Å². The van der Waals surface area contributed by atoms with Crippen LogP contribution in [0.2, 0.25) is 0 Å². The number of methoxy groups -OCH3 is 2. The van der Waals surface area contributed by atoms with Gasteiger partial charge in [0.1, 0.15) is 11.6 Å². The van der Waals surface area contributed by atoms with Crippen molar-refractivity contribution in [2.75, 3.05) is 19.5 Å². The number of hydrogen-bond acceptors (Lipinski definition) is 6. The van der Waals surface area contributed by atoms with Crippen LogP contribution in [0.25, 0.3) is 0 Å². The molecule has 1 N–H and O–H groups in total. The van der Waals surface area contributed by atoms with Crippen LogP contribution in [-0.2, 0) is 0 Å². The van der Waals surface area contributed by atoms with E-state index in [1.165, 1.54) is 24.3 Å². The predicted octanol–water partition coefficient (Wildman–Crippen LogP) is 4.17. The van der Waals surface area contributed by atoms with Crippen LogP contribution >= 0.6 is 0 Å². The first-order chi connectivity index (χ1) is 12.2. The molecule has 0 atom stereocenters. The highest BCUT2D eigenvalue weighted by molar-refractivity contribution is 5.59. The molecule has 128 valence electrons. The quantitative estimate of drug-likeness (QED) is 0.726. The highest BCUT2D eigenvalue weighted by atomic mass is 19.1. The van der Waals surface area contributed by atoms with E-state index >= 15 is 0 Å². The maximum absolute atomic E-state index is 12.9. The highest BCUT2D eigenvalue weighted by Crippen LogP contribution is 2.30. The molecular formula is C18H16FN3O3. The fraction of sp³-hybridized carbons (Fsp3) is 0.111. The van der Waals surface area contributed by atoms with Crippen molar-refractivity contribution < 1.29 is 18.6 Å². The lowest BCUT2D eigenvalue weighted by atomic mass is 10.3. The number of hydrogen-bond donors (Lipinski definition) is 1. The number of nitrogens with zero attached hydrogens (tertiary/aromatic N) is 2. The summed E-state index contributed by atoms with van der Waals surface area (Å²) in [5, 5.41) is 3.07. The SMILES string of the molecule is COc1ccc(Nc2nccc(Oc3ccc(F)cc3)n2)cc1OC. The molecular weight excluding hydrogens is 325 g/mol. The first-order valence-electron chi connectivity index (χ1n) is 7.43. The van der Waals surface area contributed by atoms with E-state index in [4.69, 9.17) is 14.2 Å². The van der Waals surface area contributed by atoms with Crippen molar-refractivity contribution in [2.24, 2.45) is 0 Å². The van der Waals surface area contributed by atoms with Crippen LogP contribution in [0.1, 0.15) is 0 Å². The van der Waals surface area contributed by atoms with E-state index < -0.39 is 0 Å². The molecule has 1 aromatic heterocycles. The maximum Gasteiger partial charge on any atom is 0.230 e. The van der Waals surface area contributed by atoms with Gasteiger partial charge in [-0.2, -0.15) is 4.98 Å². The fourth-order valence-electron chi connectivity index (χ4n) is 2.13. The van der Waals surface area contributed by atoms with E-state index in [2.05, 4.69) is 15.3 Å². The largest absolute Gasteiger partial charge is 0.493 e. The molecule has 0 saturated heterocycles. The molecule has 3 aromatic rings. The third-order valence-electron chi connectivity index (χ3n) is 3.31. The van der Waals surface area contributed by atoms with Gasteiger partial charge in [0.25, 0.3) is 0 Å². The van der Waals surface area contributed by atoms with Crippen molar-refractivity contribution in [3.05, 3.63) is 60.5 Å². The Hall–Kier alpha value is -3.35. The molecule has 3 rings (SSSR count). The topological polar surface area (TPSA) is 65.5 Å². The van der Waals surface area contributed by atoms with E-state index in [0.717, 1.165) is 5.69 Å². The molecule has 2 aromatic carbocycles. The minimum atomic E-state index is -0.328. The minimum Gasteiger partial charge on any atom is -0.493 e. The van der Waals surface area contributed by atoms with Crippen LogP contribution in [0.4, 0.5) is 16.0 Å². The number of ether oxygens (including phenoxy) is 3. The second kappa shape index (κ2) is 7.48. The van der Waals surface area contributed by atoms with Crippen LogP contribution in [-0.4, -0.2) is 24.2 Å². The summed E-state index contributed by atoms with van der Waals surface area (Å²) in [6.45, 7) is 0. The van der Waals surface area contributed by atoms with E-state index in [1.807, 2.05) is 6.07 Å². The second-order valence-electron chi connectivity index (χ2n) is 4.97. The highest BCUT2D eigenvalue weighted by Gasteiger charge is 2.07. The van der Waals surface area contributed by atoms with Gasteiger partial charge in [0, 0.05) is 24.0 Å². The van der Waals surface area contributed by atoms with Gasteiger partial charge < -0.3 is 19.5 Å². The zero-order valence-electron chi connectivity index (χ0n) is 13.7. The van der Waals surface area contributed by atoms with Gasteiger partial charge in [-0.05, 0) is 36.4 Å². The molecule has 7 heteroatoms. The molecule has 0 amide bonds. The third kappa shape index (κ3) is 4.14. The van der Waals surface area contributed by atoms with Crippen LogP contribution in [0.15, 0.2) is 54.7 Å². The number of aromatic nitrogens is 2. The monoisotopic (exact) mass is 341 g/mol. The van der Waals surface area contributed by atoms with E-state index in [9.17, 15) is 4.39 Å². The lowest BCUT2D eigenvalue weighted by molar-refractivity contribution is 0.355. The molecule has 0 aliphatic heterocycles. The van der Waals surface area contributed by atoms with Crippen LogP contribution in [0, 0.1) is 5.82 Å². The smallest absolute Gasteiger partial charge is 0.230 e. The predicted molar refractivity (Wildman–Crippen MR) is 91.3 cm³/mol. The molecule has 1 heterocycles. The number of halogens is 1. The van der Waals surface area contributed by atoms with Gasteiger partial charge >= 0.3 is 0 Å². The molecule has 0 radical (unpaired) electrons. The van der Waals surface area contributed by atoms with Gasteiger partial charge in [-0.25, -0.2) is 9.37 Å². The molecule has 0 bridgehead atoms. The number of benzene rings is 2. The zero-order valence-corrected chi connectivity index (χ0v) is 13.7. The molecule has 0 saturated carbocycles. The van der Waals surface area contributed by atoms with Gasteiger partial charge in [-0.3, -0.25) is 0 Å². The van der Waals surface area contributed by atoms with Crippen molar-refractivity contribution in [1.29, 1.82) is 0 Å². The Morgan fingerprint density at radius 2 is 1.68 bits per heavy atom. The van der Waals surface area contributed by atoms with E-state index in [0.29, 0.717) is 29.1 Å². The first kappa shape index (κ1) is 16.5. The Morgan fingerprint density at radius 1 is 0.920 bits per heavy atom. The summed E-state index contributed by atoms with van der Waals surface area (Å²) in [5.74, 6) is 2.06. The average molecular weight is 341 g/mol. The Kier molecular flexibility index (Phi) is 4.94. The van der Waals surface area contributed by atoms with Gasteiger partial charge in [-0.1, -0.05) is 0 Å². The van der Waals surface area contributed by atoms with Gasteiger partial charge in [0.15, 0.2) is 11.5 Å². The van der Waals surface area contributed by atoms with Crippen LogP contribution < -0.4 is 19.5 Å². The summed E-state index contributed by atoms with van der Waals surface area (Å²) in [7, 11) is 3.14. The second-order valence-corrected chi connectivity index (χ2v) is 4.97. The molecule has 25 heavy (non-hydrogen) atoms. The standard InChI is InChI=1S/C18H16FN3O3/c1-23-15-8-5-13(11-16(15)24-2)21-18-20-10-9-17(22-18)25-14-6-3-12(19)4-7-14/h3-11H,1-2H3,(H,20,21,22). The summed E-state index contributed by atoms with van der Waals surface area (Å²) < 4.78 is 29.0. The normalized spacial score (nSPS) is 10.2. The summed E-state index contributed by atoms with van der Waals surface area (Å²) in [6, 6.07) is 12.7. The average Bonchev–Trinajstić information content (AvgIpc) is 2.64. The Labute approximate surface area is 144 Å². The molecule has 0 fully saturated rings. The summed E-state index contributed by atoms with van der Waals surface area (Å²) >= 11 is 0. The van der Waals surface area contributed by atoms with Crippen molar-refractivity contribution in [3.63, 3.8) is 0 Å². The molecule has 0 spiro atoms. The van der Waals surface area contributed by atoms with Crippen molar-refractivity contribution in [3.8, 4) is 23.1 Å². The van der Waals surface area contributed by atoms with Gasteiger partial charge in [0.05, 0.1) is 14.2 Å². The zero-order chi connectivity index (χ0) is 17.6. The Balaban J connectivity index is 1.76. The molecule has 0 unspecified atom stereocenters. The lowest BCUT2D eigenvalue weighted by Gasteiger charge is -2.11. The molecule has 6 nitrogen and oxygen atoms in total. The summed E-state index contributed by atoms with van der Waals surface area (Å²) in [5.41, 5.74) is 0.733. The maximum atomic E-state index is 12.9. The first-order valence-corrected chi connectivity index (χ1v) is 7.43. The van der Waals surface area contributed by atoms with Gasteiger partial charge in [-0.15, -0.1) is 0 Å². The Bertz CT molecular complexity index is 856. The number of nitrogens with one attached hydrogen (secondary N) is 1. The van der Waals surface area contributed by atoms with Crippen LogP contribution in [0.3, 0.4) is 0 Å². The van der Waals surface area contributed by atoms with Crippen molar-refractivity contribution in [2.45, 2.75) is 0 Å². The van der Waals surface area contributed by atoms with Crippen molar-refractivity contribution >= 4 is 11.6 Å². The van der Waals surface area contributed by atoms with E-state index in [1.54, 1.807) is 38.6 Å². The minimum absolute atomic E-state index is 0.328. The lowest BCUT2D eigenvalue weighted by Crippen LogP contribution is -1.99. The third-order valence-corrected chi connectivity index (χ3v) is 3.31. The number of rotatable bonds is 6. The molecule has 0 aliphatic carbocycles. The van der Waals surface area contributed by atoms with Crippen molar-refractivity contribution in [1.82, 2.24) is 9.97 Å².